The number of allylic oxidation sites excluding steroid dienone is 1. The molecule has 2 amide bonds. The van der Waals surface area contributed by atoms with Crippen LogP contribution in [0.15, 0.2) is 22.5 Å². The third-order valence-corrected chi connectivity index (χ3v) is 1.88. The van der Waals surface area contributed by atoms with Gasteiger partial charge in [0.05, 0.1) is 4.91 Å². The summed E-state index contributed by atoms with van der Waals surface area (Å²) in [7, 11) is 0. The van der Waals surface area contributed by atoms with Crippen LogP contribution in [-0.4, -0.2) is 11.8 Å². The maximum absolute atomic E-state index is 10.9. The lowest BCUT2D eigenvalue weighted by molar-refractivity contribution is -0.123. The molecule has 0 saturated heterocycles. The highest BCUT2D eigenvalue weighted by molar-refractivity contribution is 8.07. The zero-order valence-corrected chi connectivity index (χ0v) is 6.83. The number of amides is 2. The molecule has 1 aliphatic heterocycles. The quantitative estimate of drug-likeness (QED) is 0.622. The first-order chi connectivity index (χ1) is 5.09. The van der Waals surface area contributed by atoms with E-state index in [-0.39, 0.29) is 11.8 Å². The lowest BCUT2D eigenvalue weighted by Crippen LogP contribution is -2.21. The van der Waals surface area contributed by atoms with Gasteiger partial charge in [-0.1, -0.05) is 18.3 Å². The van der Waals surface area contributed by atoms with Gasteiger partial charge in [0, 0.05) is 6.08 Å². The van der Waals surface area contributed by atoms with Crippen molar-refractivity contribution in [2.75, 3.05) is 0 Å². The van der Waals surface area contributed by atoms with E-state index >= 15 is 0 Å². The summed E-state index contributed by atoms with van der Waals surface area (Å²) < 4.78 is 0. The number of imide groups is 1. The van der Waals surface area contributed by atoms with E-state index in [1.807, 2.05) is 0 Å². The first-order valence-electron chi connectivity index (χ1n) is 3.00. The normalized spacial score (nSPS) is 16.3. The van der Waals surface area contributed by atoms with E-state index in [0.29, 0.717) is 4.91 Å². The SMILES string of the molecule is C=C(C)SC1=CC(=O)NC1=O. The molecule has 1 rings (SSSR count). The molecule has 0 spiro atoms. The Morgan fingerprint density at radius 3 is 2.64 bits per heavy atom. The van der Waals surface area contributed by atoms with Crippen LogP contribution < -0.4 is 5.32 Å². The standard InChI is InChI=1S/C7H7NO2S/c1-4(2)11-5-3-6(9)8-7(5)10/h3H,1H2,2H3,(H,8,9,10). The number of hydrogen-bond donors (Lipinski definition) is 1. The Bertz CT molecular complexity index is 268. The number of nitrogens with one attached hydrogen (secondary N) is 1. The van der Waals surface area contributed by atoms with Crippen LogP contribution in [0.3, 0.4) is 0 Å². The Morgan fingerprint density at radius 1 is 1.64 bits per heavy atom. The molecule has 0 aromatic rings. The van der Waals surface area contributed by atoms with Crippen molar-refractivity contribution in [3.63, 3.8) is 0 Å². The minimum Gasteiger partial charge on any atom is -0.288 e. The summed E-state index contributed by atoms with van der Waals surface area (Å²) >= 11 is 1.21. The molecule has 0 atom stereocenters. The summed E-state index contributed by atoms with van der Waals surface area (Å²) in [5.41, 5.74) is 0. The predicted octanol–water partition coefficient (Wildman–Crippen LogP) is 0.793. The molecule has 0 saturated carbocycles. The molecule has 1 aliphatic rings. The van der Waals surface area contributed by atoms with Crippen LogP contribution in [0.4, 0.5) is 0 Å². The van der Waals surface area contributed by atoms with Crippen molar-refractivity contribution in [1.82, 2.24) is 5.32 Å². The highest BCUT2D eigenvalue weighted by atomic mass is 32.2. The molecule has 0 unspecified atom stereocenters. The molecular formula is C7H7NO2S. The molecule has 58 valence electrons. The fraction of sp³-hybridized carbons (Fsp3) is 0.143. The van der Waals surface area contributed by atoms with Crippen molar-refractivity contribution in [2.24, 2.45) is 0 Å². The summed E-state index contributed by atoms with van der Waals surface area (Å²) in [6.07, 6.45) is 1.28. The Hall–Kier alpha value is -1.03. The largest absolute Gasteiger partial charge is 0.288 e. The average molecular weight is 169 g/mol. The van der Waals surface area contributed by atoms with Gasteiger partial charge in [-0.3, -0.25) is 14.9 Å². The Labute approximate surface area is 68.5 Å². The number of rotatable bonds is 2. The van der Waals surface area contributed by atoms with Gasteiger partial charge in [-0.25, -0.2) is 0 Å². The average Bonchev–Trinajstić information content (AvgIpc) is 2.09. The van der Waals surface area contributed by atoms with Gasteiger partial charge in [-0.15, -0.1) is 0 Å². The van der Waals surface area contributed by atoms with E-state index in [0.717, 1.165) is 4.91 Å². The van der Waals surface area contributed by atoms with Crippen LogP contribution in [0.25, 0.3) is 0 Å². The fourth-order valence-electron chi connectivity index (χ4n) is 0.658. The zero-order chi connectivity index (χ0) is 8.43. The minimum absolute atomic E-state index is 0.331. The molecule has 0 bridgehead atoms. The van der Waals surface area contributed by atoms with Crippen molar-refractivity contribution in [3.8, 4) is 0 Å². The Morgan fingerprint density at radius 2 is 2.27 bits per heavy atom. The minimum atomic E-state index is -0.348. The fourth-order valence-corrected chi connectivity index (χ4v) is 1.34. The smallest absolute Gasteiger partial charge is 0.265 e. The van der Waals surface area contributed by atoms with E-state index in [9.17, 15) is 9.59 Å². The molecular weight excluding hydrogens is 162 g/mol. The number of carbonyl (C=O) groups excluding carboxylic acids is 2. The summed E-state index contributed by atoms with van der Waals surface area (Å²) in [5.74, 6) is -0.679. The molecule has 1 heterocycles. The molecule has 3 nitrogen and oxygen atoms in total. The van der Waals surface area contributed by atoms with Crippen molar-refractivity contribution in [3.05, 3.63) is 22.5 Å². The van der Waals surface area contributed by atoms with E-state index in [4.69, 9.17) is 0 Å². The number of thioether (sulfide) groups is 1. The highest BCUT2D eigenvalue weighted by Gasteiger charge is 2.20. The van der Waals surface area contributed by atoms with Gasteiger partial charge in [-0.2, -0.15) is 0 Å². The molecule has 0 fully saturated rings. The molecule has 0 radical (unpaired) electrons. The van der Waals surface area contributed by atoms with Crippen LogP contribution in [0, 0.1) is 0 Å². The summed E-state index contributed by atoms with van der Waals surface area (Å²) in [6.45, 7) is 5.39. The number of hydrogen-bond acceptors (Lipinski definition) is 3. The third kappa shape index (κ3) is 1.94. The summed E-state index contributed by atoms with van der Waals surface area (Å²) in [4.78, 5) is 22.7. The predicted molar refractivity (Wildman–Crippen MR) is 43.6 cm³/mol. The van der Waals surface area contributed by atoms with Gasteiger partial charge in [0.25, 0.3) is 11.8 Å². The molecule has 1 N–H and O–H groups in total. The van der Waals surface area contributed by atoms with Crippen LogP contribution in [-0.2, 0) is 9.59 Å². The first-order valence-corrected chi connectivity index (χ1v) is 3.81. The van der Waals surface area contributed by atoms with E-state index in [2.05, 4.69) is 11.9 Å². The highest BCUT2D eigenvalue weighted by Crippen LogP contribution is 2.25. The molecule has 4 heteroatoms. The van der Waals surface area contributed by atoms with Crippen molar-refractivity contribution < 1.29 is 9.59 Å². The van der Waals surface area contributed by atoms with E-state index < -0.39 is 0 Å². The van der Waals surface area contributed by atoms with Gasteiger partial charge in [0.15, 0.2) is 0 Å². The molecule has 11 heavy (non-hydrogen) atoms. The second-order valence-electron chi connectivity index (χ2n) is 2.13. The lowest BCUT2D eigenvalue weighted by atomic mass is 10.5. The molecule has 0 aromatic heterocycles. The third-order valence-electron chi connectivity index (χ3n) is 1.01. The molecule has 0 aliphatic carbocycles. The van der Waals surface area contributed by atoms with E-state index in [1.54, 1.807) is 6.92 Å². The van der Waals surface area contributed by atoms with Crippen LogP contribution >= 0.6 is 11.8 Å². The summed E-state index contributed by atoms with van der Waals surface area (Å²) in [5, 5.41) is 2.14. The van der Waals surface area contributed by atoms with Gasteiger partial charge in [-0.05, 0) is 11.8 Å². The Balaban J connectivity index is 2.72. The van der Waals surface area contributed by atoms with Crippen molar-refractivity contribution in [2.45, 2.75) is 6.92 Å². The maximum atomic E-state index is 10.9. The summed E-state index contributed by atoms with van der Waals surface area (Å²) in [6, 6.07) is 0. The monoisotopic (exact) mass is 169 g/mol. The second kappa shape index (κ2) is 2.92. The lowest BCUT2D eigenvalue weighted by Gasteiger charge is -1.95. The second-order valence-corrected chi connectivity index (χ2v) is 3.47. The van der Waals surface area contributed by atoms with Crippen LogP contribution in [0.1, 0.15) is 6.92 Å². The van der Waals surface area contributed by atoms with E-state index in [1.165, 1.54) is 17.8 Å². The van der Waals surface area contributed by atoms with Gasteiger partial charge < -0.3 is 0 Å². The molecule has 0 aromatic carbocycles. The van der Waals surface area contributed by atoms with Gasteiger partial charge in [0.2, 0.25) is 0 Å². The van der Waals surface area contributed by atoms with Crippen molar-refractivity contribution >= 4 is 23.6 Å². The first kappa shape index (κ1) is 8.07. The number of carbonyl (C=O) groups is 2. The Kier molecular flexibility index (Phi) is 2.14. The topological polar surface area (TPSA) is 46.2 Å². The zero-order valence-electron chi connectivity index (χ0n) is 6.01. The van der Waals surface area contributed by atoms with Crippen LogP contribution in [0.5, 0.6) is 0 Å². The van der Waals surface area contributed by atoms with Crippen molar-refractivity contribution in [1.29, 1.82) is 0 Å². The van der Waals surface area contributed by atoms with Gasteiger partial charge in [0.1, 0.15) is 0 Å². The van der Waals surface area contributed by atoms with Crippen LogP contribution in [0.2, 0.25) is 0 Å². The van der Waals surface area contributed by atoms with Gasteiger partial charge >= 0.3 is 0 Å². The maximum Gasteiger partial charge on any atom is 0.265 e.